The molecule has 1 aliphatic carbocycles. The van der Waals surface area contributed by atoms with Gasteiger partial charge in [0.05, 0.1) is 11.5 Å². The molecule has 0 radical (unpaired) electrons. The molecule has 0 saturated heterocycles. The first-order valence-electron chi connectivity index (χ1n) is 8.82. The van der Waals surface area contributed by atoms with Crippen LogP contribution in [-0.2, 0) is 9.59 Å². The summed E-state index contributed by atoms with van der Waals surface area (Å²) in [6.45, 7) is 2.72. The number of amides is 2. The van der Waals surface area contributed by atoms with Gasteiger partial charge < -0.3 is 10.6 Å². The first-order chi connectivity index (χ1) is 12.2. The summed E-state index contributed by atoms with van der Waals surface area (Å²) in [5.41, 5.74) is 0. The average molecular weight is 403 g/mol. The van der Waals surface area contributed by atoms with E-state index in [1.54, 1.807) is 0 Å². The fraction of sp³-hybridized carbons (Fsp3) is 0.750. The second-order valence-corrected chi connectivity index (χ2v) is 9.44. The number of carbonyl (C=O) groups excluding carboxylic acids is 2. The smallest absolute Gasteiger partial charge is 0.230 e. The topological polar surface area (TPSA) is 84.0 Å². The van der Waals surface area contributed by atoms with Crippen molar-refractivity contribution >= 4 is 46.7 Å². The van der Waals surface area contributed by atoms with Gasteiger partial charge >= 0.3 is 0 Å². The lowest BCUT2D eigenvalue weighted by Crippen LogP contribution is -2.35. The van der Waals surface area contributed by atoms with Gasteiger partial charge in [0.1, 0.15) is 0 Å². The van der Waals surface area contributed by atoms with Gasteiger partial charge in [-0.05, 0) is 19.3 Å². The predicted molar refractivity (Wildman–Crippen MR) is 104 cm³/mol. The van der Waals surface area contributed by atoms with E-state index in [1.165, 1.54) is 60.5 Å². The zero-order chi connectivity index (χ0) is 17.9. The summed E-state index contributed by atoms with van der Waals surface area (Å²) in [6, 6.07) is 0.331. The van der Waals surface area contributed by atoms with E-state index in [4.69, 9.17) is 0 Å². The second kappa shape index (κ2) is 11.7. The quantitative estimate of drug-likeness (QED) is 0.488. The van der Waals surface area contributed by atoms with E-state index in [0.717, 1.165) is 27.9 Å². The van der Waals surface area contributed by atoms with Crippen molar-refractivity contribution in [2.45, 2.75) is 66.6 Å². The van der Waals surface area contributed by atoms with Crippen molar-refractivity contribution in [3.05, 3.63) is 0 Å². The van der Waals surface area contributed by atoms with Crippen molar-refractivity contribution < 1.29 is 9.59 Å². The number of nitrogens with zero attached hydrogens (tertiary/aromatic N) is 2. The Kier molecular flexibility index (Phi) is 9.64. The number of thioether (sulfide) groups is 2. The number of carbonyl (C=O) groups is 2. The lowest BCUT2D eigenvalue weighted by molar-refractivity contribution is -0.119. The van der Waals surface area contributed by atoms with Crippen LogP contribution in [0.2, 0.25) is 0 Å². The van der Waals surface area contributed by atoms with Gasteiger partial charge in [-0.2, -0.15) is 0 Å². The SMILES string of the molecule is CCCNC(=O)CSc1nnc(SCC(=O)NC2CCCCCC2)s1. The molecule has 2 amide bonds. The molecule has 2 rings (SSSR count). The molecule has 2 N–H and O–H groups in total. The van der Waals surface area contributed by atoms with Gasteiger partial charge in [0.15, 0.2) is 8.68 Å². The largest absolute Gasteiger partial charge is 0.355 e. The van der Waals surface area contributed by atoms with Gasteiger partial charge in [-0.1, -0.05) is 67.5 Å². The summed E-state index contributed by atoms with van der Waals surface area (Å²) in [5.74, 6) is 0.799. The third kappa shape index (κ3) is 8.42. The van der Waals surface area contributed by atoms with Crippen LogP contribution in [0, 0.1) is 0 Å². The van der Waals surface area contributed by atoms with Crippen LogP contribution in [0.1, 0.15) is 51.9 Å². The average Bonchev–Trinajstić information content (AvgIpc) is 2.91. The van der Waals surface area contributed by atoms with Crippen LogP contribution in [-0.4, -0.2) is 46.1 Å². The van der Waals surface area contributed by atoms with E-state index >= 15 is 0 Å². The lowest BCUT2D eigenvalue weighted by atomic mass is 10.1. The van der Waals surface area contributed by atoms with Crippen LogP contribution in [0.25, 0.3) is 0 Å². The van der Waals surface area contributed by atoms with Gasteiger partial charge in [-0.3, -0.25) is 9.59 Å². The predicted octanol–water partition coefficient (Wildman–Crippen LogP) is 3.09. The van der Waals surface area contributed by atoms with Gasteiger partial charge in [-0.15, -0.1) is 10.2 Å². The summed E-state index contributed by atoms with van der Waals surface area (Å²) >= 11 is 4.23. The Balaban J connectivity index is 1.66. The third-order valence-electron chi connectivity index (χ3n) is 3.83. The van der Waals surface area contributed by atoms with E-state index in [-0.39, 0.29) is 11.8 Å². The molecule has 25 heavy (non-hydrogen) atoms. The fourth-order valence-corrected chi connectivity index (χ4v) is 5.24. The van der Waals surface area contributed by atoms with E-state index in [9.17, 15) is 9.59 Å². The zero-order valence-corrected chi connectivity index (χ0v) is 17.0. The van der Waals surface area contributed by atoms with Crippen LogP contribution in [0.5, 0.6) is 0 Å². The number of hydrogen-bond donors (Lipinski definition) is 2. The van der Waals surface area contributed by atoms with Crippen LogP contribution in [0.15, 0.2) is 8.68 Å². The van der Waals surface area contributed by atoms with E-state index in [0.29, 0.717) is 24.1 Å². The molecule has 1 aromatic rings. The van der Waals surface area contributed by atoms with E-state index < -0.39 is 0 Å². The highest BCUT2D eigenvalue weighted by molar-refractivity contribution is 8.03. The minimum Gasteiger partial charge on any atom is -0.355 e. The van der Waals surface area contributed by atoms with Crippen LogP contribution >= 0.6 is 34.9 Å². The molecule has 0 aliphatic heterocycles. The maximum absolute atomic E-state index is 12.1. The van der Waals surface area contributed by atoms with Crippen LogP contribution in [0.4, 0.5) is 0 Å². The molecule has 0 bridgehead atoms. The number of nitrogens with one attached hydrogen (secondary N) is 2. The van der Waals surface area contributed by atoms with Crippen LogP contribution < -0.4 is 10.6 Å². The zero-order valence-electron chi connectivity index (χ0n) is 14.6. The summed E-state index contributed by atoms with van der Waals surface area (Å²) < 4.78 is 1.53. The highest BCUT2D eigenvalue weighted by atomic mass is 32.2. The maximum atomic E-state index is 12.1. The first kappa shape index (κ1) is 20.5. The monoisotopic (exact) mass is 402 g/mol. The highest BCUT2D eigenvalue weighted by Crippen LogP contribution is 2.28. The summed E-state index contributed by atoms with van der Waals surface area (Å²) in [4.78, 5) is 23.7. The maximum Gasteiger partial charge on any atom is 0.230 e. The number of hydrogen-bond acceptors (Lipinski definition) is 7. The van der Waals surface area contributed by atoms with Crippen molar-refractivity contribution in [1.29, 1.82) is 0 Å². The first-order valence-corrected chi connectivity index (χ1v) is 11.6. The van der Waals surface area contributed by atoms with Gasteiger partial charge in [0, 0.05) is 12.6 Å². The minimum atomic E-state index is 0.0130. The van der Waals surface area contributed by atoms with E-state index in [1.807, 2.05) is 6.92 Å². The van der Waals surface area contributed by atoms with E-state index in [2.05, 4.69) is 20.8 Å². The second-order valence-electron chi connectivity index (χ2n) is 6.02. The molecule has 0 spiro atoms. The van der Waals surface area contributed by atoms with Crippen LogP contribution in [0.3, 0.4) is 0 Å². The Morgan fingerprint density at radius 2 is 1.64 bits per heavy atom. The Bertz CT molecular complexity index is 545. The fourth-order valence-electron chi connectivity index (χ4n) is 2.58. The molecular weight excluding hydrogens is 376 g/mol. The highest BCUT2D eigenvalue weighted by Gasteiger charge is 2.15. The summed E-state index contributed by atoms with van der Waals surface area (Å²) in [5, 5.41) is 14.1. The van der Waals surface area contributed by atoms with Gasteiger partial charge in [0.25, 0.3) is 0 Å². The Morgan fingerprint density at radius 3 is 2.24 bits per heavy atom. The summed E-state index contributed by atoms with van der Waals surface area (Å²) in [7, 11) is 0. The van der Waals surface area contributed by atoms with Crippen molar-refractivity contribution in [2.75, 3.05) is 18.1 Å². The molecule has 140 valence electrons. The molecule has 0 unspecified atom stereocenters. The van der Waals surface area contributed by atoms with Crippen molar-refractivity contribution in [1.82, 2.24) is 20.8 Å². The number of rotatable bonds is 9. The molecule has 9 heteroatoms. The molecule has 1 saturated carbocycles. The normalized spacial score (nSPS) is 15.6. The molecular formula is C16H26N4O2S3. The summed E-state index contributed by atoms with van der Waals surface area (Å²) in [6.07, 6.45) is 8.10. The molecule has 1 heterocycles. The Morgan fingerprint density at radius 1 is 1.04 bits per heavy atom. The third-order valence-corrected chi connectivity index (χ3v) is 7.02. The standard InChI is InChI=1S/C16H26N4O2S3/c1-2-9-17-13(21)10-23-15-19-20-16(25-15)24-11-14(22)18-12-7-5-3-4-6-8-12/h12H,2-11H2,1H3,(H,17,21)(H,18,22). The molecule has 0 aromatic carbocycles. The van der Waals surface area contributed by atoms with Gasteiger partial charge in [-0.25, -0.2) is 0 Å². The number of aromatic nitrogens is 2. The molecule has 1 aliphatic rings. The van der Waals surface area contributed by atoms with Crippen molar-refractivity contribution in [3.63, 3.8) is 0 Å². The lowest BCUT2D eigenvalue weighted by Gasteiger charge is -2.15. The van der Waals surface area contributed by atoms with Crippen molar-refractivity contribution in [2.24, 2.45) is 0 Å². The molecule has 1 fully saturated rings. The Hall–Kier alpha value is -0.800. The Labute approximate surface area is 161 Å². The minimum absolute atomic E-state index is 0.0130. The molecule has 6 nitrogen and oxygen atoms in total. The van der Waals surface area contributed by atoms with Crippen molar-refractivity contribution in [3.8, 4) is 0 Å². The van der Waals surface area contributed by atoms with Gasteiger partial charge in [0.2, 0.25) is 11.8 Å². The molecule has 0 atom stereocenters. The molecule has 1 aromatic heterocycles.